The largest absolute Gasteiger partial charge is 0.491 e. The van der Waals surface area contributed by atoms with Crippen molar-refractivity contribution in [3.05, 3.63) is 89.7 Å². The zero-order valence-corrected chi connectivity index (χ0v) is 20.6. The average Bonchev–Trinajstić information content (AvgIpc) is 3.47. The van der Waals surface area contributed by atoms with Crippen LogP contribution in [0.3, 0.4) is 0 Å². The predicted molar refractivity (Wildman–Crippen MR) is 138 cm³/mol. The van der Waals surface area contributed by atoms with Crippen LogP contribution < -0.4 is 9.64 Å². The minimum absolute atomic E-state index is 0.00825. The average molecular weight is 488 g/mol. The topological polar surface area (TPSA) is 64.1 Å². The first-order valence-electron chi connectivity index (χ1n) is 12.7. The molecule has 7 nitrogen and oxygen atoms in total. The molecule has 2 fully saturated rings. The van der Waals surface area contributed by atoms with E-state index in [0.29, 0.717) is 25.3 Å². The molecule has 3 heterocycles. The van der Waals surface area contributed by atoms with Crippen molar-refractivity contribution in [2.45, 2.75) is 32.0 Å². The molecule has 2 aliphatic rings. The molecule has 2 aliphatic heterocycles. The van der Waals surface area contributed by atoms with E-state index < -0.39 is 0 Å². The van der Waals surface area contributed by atoms with Gasteiger partial charge in [0.15, 0.2) is 0 Å². The lowest BCUT2D eigenvalue weighted by molar-refractivity contribution is 0.0679. The number of carbonyl (C=O) groups excluding carboxylic acids is 1. The molecule has 1 aromatic heterocycles. The molecule has 0 saturated carbocycles. The van der Waals surface area contributed by atoms with Gasteiger partial charge in [-0.05, 0) is 66.4 Å². The fourth-order valence-corrected chi connectivity index (χ4v) is 4.61. The van der Waals surface area contributed by atoms with Gasteiger partial charge < -0.3 is 24.0 Å². The molecule has 188 valence electrons. The summed E-state index contributed by atoms with van der Waals surface area (Å²) in [5.41, 5.74) is 3.83. The van der Waals surface area contributed by atoms with E-state index in [9.17, 15) is 4.79 Å². The Morgan fingerprint density at radius 2 is 1.75 bits per heavy atom. The monoisotopic (exact) mass is 487 g/mol. The van der Waals surface area contributed by atoms with E-state index in [1.165, 1.54) is 0 Å². The molecule has 1 atom stereocenters. The van der Waals surface area contributed by atoms with Crippen molar-refractivity contribution in [2.24, 2.45) is 0 Å². The number of benzene rings is 2. The van der Waals surface area contributed by atoms with Crippen molar-refractivity contribution in [3.8, 4) is 5.75 Å². The zero-order valence-electron chi connectivity index (χ0n) is 20.6. The number of carbonyl (C=O) groups is 1. The van der Waals surface area contributed by atoms with Gasteiger partial charge in [0.2, 0.25) is 0 Å². The Morgan fingerprint density at radius 1 is 0.972 bits per heavy atom. The Labute approximate surface area is 212 Å². The fraction of sp³-hybridized carbons (Fsp3) is 0.379. The van der Waals surface area contributed by atoms with Crippen LogP contribution in [-0.2, 0) is 22.6 Å². The number of hydrogen-bond acceptors (Lipinski definition) is 6. The van der Waals surface area contributed by atoms with E-state index >= 15 is 0 Å². The fourth-order valence-electron chi connectivity index (χ4n) is 4.61. The van der Waals surface area contributed by atoms with Crippen molar-refractivity contribution >= 4 is 11.6 Å². The minimum atomic E-state index is -0.00825. The first kappa shape index (κ1) is 24.3. The summed E-state index contributed by atoms with van der Waals surface area (Å²) in [4.78, 5) is 22.0. The lowest BCUT2D eigenvalue weighted by Crippen LogP contribution is -2.36. The van der Waals surface area contributed by atoms with Crippen molar-refractivity contribution < 1.29 is 19.0 Å². The minimum Gasteiger partial charge on any atom is -0.491 e. The summed E-state index contributed by atoms with van der Waals surface area (Å²) >= 11 is 0. The number of morpholine rings is 1. The van der Waals surface area contributed by atoms with Gasteiger partial charge in [0.05, 0.1) is 19.3 Å². The van der Waals surface area contributed by atoms with Crippen LogP contribution in [0.1, 0.15) is 34.3 Å². The molecule has 0 aliphatic carbocycles. The second-order valence-corrected chi connectivity index (χ2v) is 9.26. The van der Waals surface area contributed by atoms with E-state index in [-0.39, 0.29) is 12.0 Å². The van der Waals surface area contributed by atoms with Crippen molar-refractivity contribution in [1.82, 2.24) is 9.88 Å². The van der Waals surface area contributed by atoms with Crippen LogP contribution in [0, 0.1) is 0 Å². The Hall–Kier alpha value is -3.42. The Bertz CT molecular complexity index is 1090. The maximum Gasteiger partial charge on any atom is 0.254 e. The highest BCUT2D eigenvalue weighted by Gasteiger charge is 2.19. The number of nitrogens with zero attached hydrogens (tertiary/aromatic N) is 3. The number of ether oxygens (including phenoxy) is 3. The summed E-state index contributed by atoms with van der Waals surface area (Å²) in [6, 6.07) is 19.8. The molecule has 0 unspecified atom stereocenters. The molecule has 3 aromatic rings. The summed E-state index contributed by atoms with van der Waals surface area (Å²) in [5.74, 6) is 0.809. The van der Waals surface area contributed by atoms with Gasteiger partial charge in [-0.2, -0.15) is 0 Å². The highest BCUT2D eigenvalue weighted by molar-refractivity contribution is 5.94. The van der Waals surface area contributed by atoms with E-state index in [0.717, 1.165) is 68.3 Å². The summed E-state index contributed by atoms with van der Waals surface area (Å²) in [6.07, 6.45) is 5.90. The molecule has 2 saturated heterocycles. The first-order chi connectivity index (χ1) is 17.7. The SMILES string of the molecule is O=C(c1ccc(N2CCOCC2)cc1)N(Cc1ccc(OC[C@H]2CCCO2)cc1)Cc1cccnc1. The molecule has 0 N–H and O–H groups in total. The van der Waals surface area contributed by atoms with Crippen molar-refractivity contribution in [3.63, 3.8) is 0 Å². The third-order valence-corrected chi connectivity index (χ3v) is 6.63. The van der Waals surface area contributed by atoms with Gasteiger partial charge >= 0.3 is 0 Å². The number of amides is 1. The van der Waals surface area contributed by atoms with Crippen LogP contribution in [0.4, 0.5) is 5.69 Å². The Balaban J connectivity index is 1.27. The van der Waals surface area contributed by atoms with Gasteiger partial charge in [-0.25, -0.2) is 0 Å². The molecular formula is C29H33N3O4. The second kappa shape index (κ2) is 12.0. The van der Waals surface area contributed by atoms with Crippen LogP contribution in [0.5, 0.6) is 5.75 Å². The van der Waals surface area contributed by atoms with Crippen LogP contribution in [0.15, 0.2) is 73.1 Å². The molecule has 5 rings (SSSR count). The third kappa shape index (κ3) is 6.42. The number of hydrogen-bond donors (Lipinski definition) is 0. The quantitative estimate of drug-likeness (QED) is 0.448. The summed E-state index contributed by atoms with van der Waals surface area (Å²) in [5, 5.41) is 0. The van der Waals surface area contributed by atoms with Gasteiger partial charge in [0.25, 0.3) is 5.91 Å². The predicted octanol–water partition coefficient (Wildman–Crippen LogP) is 4.32. The number of anilines is 1. The summed E-state index contributed by atoms with van der Waals surface area (Å²) in [7, 11) is 0. The first-order valence-corrected chi connectivity index (χ1v) is 12.7. The van der Waals surface area contributed by atoms with Crippen LogP contribution >= 0.6 is 0 Å². The van der Waals surface area contributed by atoms with Crippen LogP contribution in [-0.4, -0.2) is 61.4 Å². The highest BCUT2D eigenvalue weighted by Crippen LogP contribution is 2.21. The maximum atomic E-state index is 13.6. The zero-order chi connectivity index (χ0) is 24.6. The van der Waals surface area contributed by atoms with Crippen molar-refractivity contribution in [1.29, 1.82) is 0 Å². The lowest BCUT2D eigenvalue weighted by atomic mass is 10.1. The lowest BCUT2D eigenvalue weighted by Gasteiger charge is -2.29. The molecule has 0 spiro atoms. The van der Waals surface area contributed by atoms with Gasteiger partial charge in [-0.1, -0.05) is 18.2 Å². The Morgan fingerprint density at radius 3 is 2.44 bits per heavy atom. The van der Waals surface area contributed by atoms with Gasteiger partial charge in [-0.15, -0.1) is 0 Å². The van der Waals surface area contributed by atoms with E-state index in [4.69, 9.17) is 14.2 Å². The molecule has 0 radical (unpaired) electrons. The van der Waals surface area contributed by atoms with E-state index in [2.05, 4.69) is 9.88 Å². The molecule has 36 heavy (non-hydrogen) atoms. The highest BCUT2D eigenvalue weighted by atomic mass is 16.5. The molecular weight excluding hydrogens is 454 g/mol. The maximum absolute atomic E-state index is 13.6. The van der Waals surface area contributed by atoms with Gasteiger partial charge in [-0.3, -0.25) is 9.78 Å². The molecule has 2 aromatic carbocycles. The van der Waals surface area contributed by atoms with E-state index in [1.54, 1.807) is 6.20 Å². The van der Waals surface area contributed by atoms with E-state index in [1.807, 2.05) is 71.8 Å². The Kier molecular flexibility index (Phi) is 8.10. The standard InChI is InChI=1S/C29H33N3O4/c33-29(25-7-9-26(10-8-25)31-14-17-34-18-15-31)32(21-24-3-1-13-30-19-24)20-23-5-11-27(12-6-23)36-22-28-4-2-16-35-28/h1,3,5-13,19,28H,2,4,14-18,20-22H2/t28-/m1/s1. The smallest absolute Gasteiger partial charge is 0.254 e. The summed E-state index contributed by atoms with van der Waals surface area (Å²) in [6.45, 7) is 5.58. The second-order valence-electron chi connectivity index (χ2n) is 9.26. The van der Waals surface area contributed by atoms with Gasteiger partial charge in [0.1, 0.15) is 12.4 Å². The molecule has 7 heteroatoms. The summed E-state index contributed by atoms with van der Waals surface area (Å²) < 4.78 is 17.0. The third-order valence-electron chi connectivity index (χ3n) is 6.63. The number of rotatable bonds is 9. The molecule has 0 bridgehead atoms. The normalized spacial score (nSPS) is 17.7. The van der Waals surface area contributed by atoms with Crippen LogP contribution in [0.25, 0.3) is 0 Å². The molecule has 1 amide bonds. The van der Waals surface area contributed by atoms with Gasteiger partial charge in [0, 0.05) is 56.4 Å². The van der Waals surface area contributed by atoms with Crippen LogP contribution in [0.2, 0.25) is 0 Å². The number of pyridine rings is 1. The van der Waals surface area contributed by atoms with Crippen molar-refractivity contribution in [2.75, 3.05) is 44.4 Å². The number of aromatic nitrogens is 1.